The van der Waals surface area contributed by atoms with E-state index in [9.17, 15) is 13.2 Å². The molecule has 0 aliphatic heterocycles. The van der Waals surface area contributed by atoms with Crippen LogP contribution < -0.4 is 10.1 Å². The number of para-hydroxylation sites is 1. The van der Waals surface area contributed by atoms with Crippen LogP contribution in [0.2, 0.25) is 0 Å². The topological polar surface area (TPSA) is 21.3 Å². The van der Waals surface area contributed by atoms with Crippen LogP contribution >= 0.6 is 0 Å². The second kappa shape index (κ2) is 5.41. The lowest BCUT2D eigenvalue weighted by Gasteiger charge is -2.36. The zero-order valence-electron chi connectivity index (χ0n) is 10.8. The van der Waals surface area contributed by atoms with Gasteiger partial charge in [-0.25, -0.2) is 0 Å². The molecule has 1 aromatic rings. The number of alkyl halides is 3. The Morgan fingerprint density at radius 2 is 1.84 bits per heavy atom. The van der Waals surface area contributed by atoms with Crippen LogP contribution in [0.25, 0.3) is 0 Å². The summed E-state index contributed by atoms with van der Waals surface area (Å²) < 4.78 is 46.0. The highest BCUT2D eigenvalue weighted by Crippen LogP contribution is 2.52. The van der Waals surface area contributed by atoms with Crippen molar-refractivity contribution >= 4 is 0 Å². The normalized spacial score (nSPS) is 18.9. The van der Waals surface area contributed by atoms with Crippen molar-refractivity contribution < 1.29 is 17.9 Å². The summed E-state index contributed by atoms with van der Waals surface area (Å²) in [5, 5.41) is 2.78. The first kappa shape index (κ1) is 14.2. The summed E-state index contributed by atoms with van der Waals surface area (Å²) in [5.41, 5.74) is -2.06. The van der Waals surface area contributed by atoms with Gasteiger partial charge < -0.3 is 10.1 Å². The van der Waals surface area contributed by atoms with Gasteiger partial charge in [0.15, 0.2) is 0 Å². The second-order valence-corrected chi connectivity index (χ2v) is 4.93. The fourth-order valence-corrected chi connectivity index (χ4v) is 2.33. The Hall–Kier alpha value is -1.23. The molecule has 0 spiro atoms. The monoisotopic (exact) mass is 273 g/mol. The van der Waals surface area contributed by atoms with Gasteiger partial charge in [0.2, 0.25) is 5.60 Å². The van der Waals surface area contributed by atoms with Gasteiger partial charge in [-0.1, -0.05) is 18.2 Å². The molecule has 1 atom stereocenters. The Kier molecular flexibility index (Phi) is 4.04. The van der Waals surface area contributed by atoms with E-state index >= 15 is 0 Å². The Morgan fingerprint density at radius 1 is 1.21 bits per heavy atom. The van der Waals surface area contributed by atoms with Crippen molar-refractivity contribution in [2.45, 2.75) is 31.0 Å². The molecule has 0 heterocycles. The number of halogens is 3. The van der Waals surface area contributed by atoms with E-state index in [0.717, 1.165) is 0 Å². The van der Waals surface area contributed by atoms with Crippen LogP contribution in [0.5, 0.6) is 5.75 Å². The zero-order valence-corrected chi connectivity index (χ0v) is 10.8. The Morgan fingerprint density at radius 3 is 2.32 bits per heavy atom. The lowest BCUT2D eigenvalue weighted by molar-refractivity contribution is -0.258. The van der Waals surface area contributed by atoms with Gasteiger partial charge >= 0.3 is 6.18 Å². The number of nitrogens with one attached hydrogen (secondary N) is 1. The second-order valence-electron chi connectivity index (χ2n) is 4.93. The van der Waals surface area contributed by atoms with E-state index in [4.69, 9.17) is 4.74 Å². The average Bonchev–Trinajstić information content (AvgIpc) is 3.18. The quantitative estimate of drug-likeness (QED) is 0.858. The summed E-state index contributed by atoms with van der Waals surface area (Å²) in [6, 6.07) is 8.26. The number of benzene rings is 1. The third-order valence-corrected chi connectivity index (χ3v) is 3.51. The summed E-state index contributed by atoms with van der Waals surface area (Å²) in [4.78, 5) is 0. The van der Waals surface area contributed by atoms with Gasteiger partial charge in [0.1, 0.15) is 5.75 Å². The highest BCUT2D eigenvalue weighted by atomic mass is 19.4. The molecule has 1 saturated carbocycles. The molecule has 0 bridgehead atoms. The molecule has 1 N–H and O–H groups in total. The number of ether oxygens (including phenoxy) is 1. The molecule has 2 nitrogen and oxygen atoms in total. The summed E-state index contributed by atoms with van der Waals surface area (Å²) in [6.07, 6.45) is -3.26. The van der Waals surface area contributed by atoms with Gasteiger partial charge in [-0.15, -0.1) is 0 Å². The molecule has 0 radical (unpaired) electrons. The van der Waals surface area contributed by atoms with Gasteiger partial charge in [0, 0.05) is 12.3 Å². The van der Waals surface area contributed by atoms with E-state index in [1.807, 2.05) is 0 Å². The van der Waals surface area contributed by atoms with Crippen LogP contribution in [-0.2, 0) is 0 Å². The van der Waals surface area contributed by atoms with Crippen LogP contribution in [0.4, 0.5) is 13.2 Å². The SMILES string of the molecule is CNCCC(Oc1ccccc1)(C1CC1)C(F)(F)F. The average molecular weight is 273 g/mol. The van der Waals surface area contributed by atoms with Gasteiger partial charge in [0.25, 0.3) is 0 Å². The van der Waals surface area contributed by atoms with Gasteiger partial charge in [-0.3, -0.25) is 0 Å². The summed E-state index contributed by atoms with van der Waals surface area (Å²) >= 11 is 0. The van der Waals surface area contributed by atoms with Crippen molar-refractivity contribution in [2.75, 3.05) is 13.6 Å². The Balaban J connectivity index is 2.26. The predicted octanol–water partition coefficient (Wildman–Crippen LogP) is 3.39. The first-order chi connectivity index (χ1) is 8.99. The standard InChI is InChI=1S/C14H18F3NO/c1-18-10-9-13(11-7-8-11,14(15,16)17)19-12-5-3-2-4-6-12/h2-6,11,18H,7-10H2,1H3. The Labute approximate surface area is 111 Å². The smallest absolute Gasteiger partial charge is 0.428 e. The van der Waals surface area contributed by atoms with Gasteiger partial charge in [-0.05, 0) is 38.6 Å². The van der Waals surface area contributed by atoms with E-state index < -0.39 is 17.7 Å². The third-order valence-electron chi connectivity index (χ3n) is 3.51. The lowest BCUT2D eigenvalue weighted by Crippen LogP contribution is -2.53. The maximum absolute atomic E-state index is 13.5. The largest absolute Gasteiger partial charge is 0.477 e. The molecule has 1 unspecified atom stereocenters. The highest BCUT2D eigenvalue weighted by molar-refractivity contribution is 5.23. The van der Waals surface area contributed by atoms with E-state index in [2.05, 4.69) is 5.32 Å². The minimum atomic E-state index is -4.36. The molecule has 1 fully saturated rings. The van der Waals surface area contributed by atoms with Crippen LogP contribution in [0, 0.1) is 5.92 Å². The van der Waals surface area contributed by atoms with E-state index in [1.54, 1.807) is 37.4 Å². The third kappa shape index (κ3) is 3.03. The molecular weight excluding hydrogens is 255 g/mol. The van der Waals surface area contributed by atoms with Crippen molar-refractivity contribution in [3.05, 3.63) is 30.3 Å². The summed E-state index contributed by atoms with van der Waals surface area (Å²) in [6.45, 7) is 0.281. The first-order valence-corrected chi connectivity index (χ1v) is 6.45. The fraction of sp³-hybridized carbons (Fsp3) is 0.571. The maximum Gasteiger partial charge on any atom is 0.428 e. The predicted molar refractivity (Wildman–Crippen MR) is 67.1 cm³/mol. The maximum atomic E-state index is 13.5. The highest BCUT2D eigenvalue weighted by Gasteiger charge is 2.64. The molecule has 1 aliphatic carbocycles. The molecule has 5 heteroatoms. The number of hydrogen-bond acceptors (Lipinski definition) is 2. The van der Waals surface area contributed by atoms with Crippen molar-refractivity contribution in [1.29, 1.82) is 0 Å². The minimum absolute atomic E-state index is 0.0629. The van der Waals surface area contributed by atoms with E-state index in [0.29, 0.717) is 12.8 Å². The van der Waals surface area contributed by atoms with Crippen molar-refractivity contribution in [1.82, 2.24) is 5.32 Å². The van der Waals surface area contributed by atoms with Crippen LogP contribution in [0.1, 0.15) is 19.3 Å². The van der Waals surface area contributed by atoms with Crippen LogP contribution in [-0.4, -0.2) is 25.4 Å². The molecule has 1 aromatic carbocycles. The Bertz CT molecular complexity index is 403. The van der Waals surface area contributed by atoms with Crippen molar-refractivity contribution in [2.24, 2.45) is 5.92 Å². The van der Waals surface area contributed by atoms with Gasteiger partial charge in [-0.2, -0.15) is 13.2 Å². The summed E-state index contributed by atoms with van der Waals surface area (Å²) in [5.74, 6) is -0.149. The fourth-order valence-electron chi connectivity index (χ4n) is 2.33. The minimum Gasteiger partial charge on any atom is -0.477 e. The molecular formula is C14H18F3NO. The van der Waals surface area contributed by atoms with Crippen molar-refractivity contribution in [3.8, 4) is 5.75 Å². The number of hydrogen-bond donors (Lipinski definition) is 1. The van der Waals surface area contributed by atoms with Gasteiger partial charge in [0.05, 0.1) is 0 Å². The van der Waals surface area contributed by atoms with E-state index in [1.165, 1.54) is 0 Å². The first-order valence-electron chi connectivity index (χ1n) is 6.45. The molecule has 0 aromatic heterocycles. The molecule has 1 aliphatic rings. The molecule has 19 heavy (non-hydrogen) atoms. The molecule has 0 amide bonds. The lowest BCUT2D eigenvalue weighted by atomic mass is 9.92. The zero-order chi connectivity index (χ0) is 13.9. The summed E-state index contributed by atoms with van der Waals surface area (Å²) in [7, 11) is 1.65. The van der Waals surface area contributed by atoms with Crippen LogP contribution in [0.15, 0.2) is 30.3 Å². The molecule has 0 saturated heterocycles. The molecule has 106 valence electrons. The molecule has 2 rings (SSSR count). The van der Waals surface area contributed by atoms with E-state index in [-0.39, 0.29) is 18.7 Å². The van der Waals surface area contributed by atoms with Crippen LogP contribution in [0.3, 0.4) is 0 Å². The number of rotatable bonds is 6. The van der Waals surface area contributed by atoms with Crippen molar-refractivity contribution in [3.63, 3.8) is 0 Å².